The standard InChI is InChI=1S/C9H11BrN2O2/c10-7-2-4-14-8(7)9(13)12-3-1-6(11)5-12/h2,4,6H,1,3,5,11H2/t6-/m1/s1. The molecule has 0 spiro atoms. The van der Waals surface area contributed by atoms with Gasteiger partial charge in [0.25, 0.3) is 5.91 Å². The third-order valence-corrected chi connectivity index (χ3v) is 2.95. The Morgan fingerprint density at radius 3 is 3.00 bits per heavy atom. The number of hydrogen-bond acceptors (Lipinski definition) is 3. The largest absolute Gasteiger partial charge is 0.458 e. The Bertz CT molecular complexity index is 350. The Balaban J connectivity index is 2.13. The smallest absolute Gasteiger partial charge is 0.290 e. The van der Waals surface area contributed by atoms with E-state index in [2.05, 4.69) is 15.9 Å². The van der Waals surface area contributed by atoms with E-state index >= 15 is 0 Å². The van der Waals surface area contributed by atoms with Gasteiger partial charge >= 0.3 is 0 Å². The quantitative estimate of drug-likeness (QED) is 0.824. The van der Waals surface area contributed by atoms with Crippen molar-refractivity contribution in [1.82, 2.24) is 4.90 Å². The van der Waals surface area contributed by atoms with Crippen molar-refractivity contribution >= 4 is 21.8 Å². The number of likely N-dealkylation sites (tertiary alicyclic amines) is 1. The van der Waals surface area contributed by atoms with Gasteiger partial charge < -0.3 is 15.1 Å². The number of furan rings is 1. The zero-order chi connectivity index (χ0) is 10.1. The fraction of sp³-hybridized carbons (Fsp3) is 0.444. The molecule has 0 aliphatic carbocycles. The van der Waals surface area contributed by atoms with Crippen LogP contribution in [0.2, 0.25) is 0 Å². The van der Waals surface area contributed by atoms with Crippen molar-refractivity contribution in [3.05, 3.63) is 22.6 Å². The van der Waals surface area contributed by atoms with Gasteiger partial charge in [0.2, 0.25) is 5.76 Å². The molecule has 0 bridgehead atoms. The maximum absolute atomic E-state index is 11.8. The molecule has 0 aromatic carbocycles. The first-order valence-electron chi connectivity index (χ1n) is 4.46. The zero-order valence-corrected chi connectivity index (χ0v) is 9.16. The lowest BCUT2D eigenvalue weighted by molar-refractivity contribution is 0.0758. The van der Waals surface area contributed by atoms with Crippen LogP contribution in [-0.2, 0) is 0 Å². The summed E-state index contributed by atoms with van der Waals surface area (Å²) in [5, 5.41) is 0. The fourth-order valence-corrected chi connectivity index (χ4v) is 1.93. The van der Waals surface area contributed by atoms with Gasteiger partial charge in [0, 0.05) is 19.1 Å². The second kappa shape index (κ2) is 3.74. The number of nitrogens with zero attached hydrogens (tertiary/aromatic N) is 1. The lowest BCUT2D eigenvalue weighted by atomic mass is 10.3. The van der Waals surface area contributed by atoms with Crippen LogP contribution in [0.1, 0.15) is 17.0 Å². The average molecular weight is 259 g/mol. The molecule has 1 aromatic heterocycles. The molecule has 1 amide bonds. The van der Waals surface area contributed by atoms with Gasteiger partial charge in [0.15, 0.2) is 0 Å². The third kappa shape index (κ3) is 1.69. The monoisotopic (exact) mass is 258 g/mol. The normalized spacial score (nSPS) is 21.6. The fourth-order valence-electron chi connectivity index (χ4n) is 1.56. The summed E-state index contributed by atoms with van der Waals surface area (Å²) in [6.07, 6.45) is 2.36. The van der Waals surface area contributed by atoms with Gasteiger partial charge in [-0.2, -0.15) is 0 Å². The average Bonchev–Trinajstić information content (AvgIpc) is 2.73. The number of rotatable bonds is 1. The summed E-state index contributed by atoms with van der Waals surface area (Å²) in [4.78, 5) is 13.5. The van der Waals surface area contributed by atoms with E-state index in [4.69, 9.17) is 10.2 Å². The molecule has 1 atom stereocenters. The molecule has 1 aromatic rings. The van der Waals surface area contributed by atoms with Crippen LogP contribution in [0.25, 0.3) is 0 Å². The van der Waals surface area contributed by atoms with Crippen LogP contribution in [0.5, 0.6) is 0 Å². The molecule has 0 radical (unpaired) electrons. The molecule has 5 heteroatoms. The number of amides is 1. The zero-order valence-electron chi connectivity index (χ0n) is 7.57. The highest BCUT2D eigenvalue weighted by Gasteiger charge is 2.27. The van der Waals surface area contributed by atoms with Gasteiger partial charge in [-0.3, -0.25) is 4.79 Å². The van der Waals surface area contributed by atoms with Crippen molar-refractivity contribution < 1.29 is 9.21 Å². The van der Waals surface area contributed by atoms with E-state index in [1.54, 1.807) is 11.0 Å². The number of carbonyl (C=O) groups excluding carboxylic acids is 1. The summed E-state index contributed by atoms with van der Waals surface area (Å²) in [5.41, 5.74) is 5.72. The van der Waals surface area contributed by atoms with Crippen LogP contribution in [0.4, 0.5) is 0 Å². The molecule has 1 aliphatic rings. The van der Waals surface area contributed by atoms with Gasteiger partial charge in [-0.25, -0.2) is 0 Å². The van der Waals surface area contributed by atoms with Crippen molar-refractivity contribution in [3.8, 4) is 0 Å². The lowest BCUT2D eigenvalue weighted by Crippen LogP contribution is -2.31. The number of carbonyl (C=O) groups is 1. The van der Waals surface area contributed by atoms with Crippen molar-refractivity contribution in [2.45, 2.75) is 12.5 Å². The number of halogens is 1. The second-order valence-electron chi connectivity index (χ2n) is 3.40. The van der Waals surface area contributed by atoms with Crippen molar-refractivity contribution in [3.63, 3.8) is 0 Å². The summed E-state index contributed by atoms with van der Waals surface area (Å²) in [6, 6.07) is 1.82. The molecule has 1 aliphatic heterocycles. The van der Waals surface area contributed by atoms with Gasteiger partial charge in [-0.1, -0.05) is 0 Å². The maximum Gasteiger partial charge on any atom is 0.290 e. The molecule has 1 saturated heterocycles. The Labute approximate surface area is 90.2 Å². The van der Waals surface area contributed by atoms with E-state index < -0.39 is 0 Å². The van der Waals surface area contributed by atoms with Crippen LogP contribution in [-0.4, -0.2) is 29.9 Å². The van der Waals surface area contributed by atoms with E-state index in [1.165, 1.54) is 6.26 Å². The molecule has 2 N–H and O–H groups in total. The first-order chi connectivity index (χ1) is 6.68. The van der Waals surface area contributed by atoms with Crippen molar-refractivity contribution in [1.29, 1.82) is 0 Å². The predicted octanol–water partition coefficient (Wildman–Crippen LogP) is 1.22. The van der Waals surface area contributed by atoms with Crippen molar-refractivity contribution in [2.24, 2.45) is 5.73 Å². The van der Waals surface area contributed by atoms with E-state index in [-0.39, 0.29) is 11.9 Å². The third-order valence-electron chi connectivity index (χ3n) is 2.32. The molecular formula is C9H11BrN2O2. The summed E-state index contributed by atoms with van der Waals surface area (Å²) < 4.78 is 5.79. The van der Waals surface area contributed by atoms with Crippen molar-refractivity contribution in [2.75, 3.05) is 13.1 Å². The first kappa shape index (κ1) is 9.73. The van der Waals surface area contributed by atoms with Crippen LogP contribution < -0.4 is 5.73 Å². The molecule has 0 unspecified atom stereocenters. The Kier molecular flexibility index (Phi) is 2.60. The molecular weight excluding hydrogens is 248 g/mol. The minimum atomic E-state index is -0.0881. The van der Waals surface area contributed by atoms with Gasteiger partial charge in [0.05, 0.1) is 10.7 Å². The van der Waals surface area contributed by atoms with E-state index in [1.807, 2.05) is 0 Å². The number of nitrogens with two attached hydrogens (primary N) is 1. The van der Waals surface area contributed by atoms with Gasteiger partial charge in [-0.05, 0) is 28.4 Å². The second-order valence-corrected chi connectivity index (χ2v) is 4.25. The summed E-state index contributed by atoms with van der Waals surface area (Å²) >= 11 is 3.26. The molecule has 0 saturated carbocycles. The van der Waals surface area contributed by atoms with Crippen LogP contribution in [0.15, 0.2) is 21.2 Å². The highest BCUT2D eigenvalue weighted by atomic mass is 79.9. The predicted molar refractivity (Wildman–Crippen MR) is 54.9 cm³/mol. The summed E-state index contributed by atoms with van der Waals surface area (Å²) in [6.45, 7) is 1.33. The van der Waals surface area contributed by atoms with E-state index in [0.29, 0.717) is 23.3 Å². The summed E-state index contributed by atoms with van der Waals surface area (Å²) in [5.74, 6) is 0.272. The van der Waals surface area contributed by atoms with Crippen LogP contribution in [0.3, 0.4) is 0 Å². The van der Waals surface area contributed by atoms with Crippen LogP contribution in [0, 0.1) is 0 Å². The highest BCUT2D eigenvalue weighted by molar-refractivity contribution is 9.10. The van der Waals surface area contributed by atoms with Gasteiger partial charge in [0.1, 0.15) is 0 Å². The molecule has 4 nitrogen and oxygen atoms in total. The summed E-state index contributed by atoms with van der Waals surface area (Å²) in [7, 11) is 0. The van der Waals surface area contributed by atoms with Crippen LogP contribution >= 0.6 is 15.9 Å². The SMILES string of the molecule is N[C@@H]1CCN(C(=O)c2occc2Br)C1. The van der Waals surface area contributed by atoms with Gasteiger partial charge in [-0.15, -0.1) is 0 Å². The molecule has 14 heavy (non-hydrogen) atoms. The number of hydrogen-bond donors (Lipinski definition) is 1. The maximum atomic E-state index is 11.8. The highest BCUT2D eigenvalue weighted by Crippen LogP contribution is 2.21. The molecule has 2 heterocycles. The van der Waals surface area contributed by atoms with E-state index in [0.717, 1.165) is 6.42 Å². The topological polar surface area (TPSA) is 59.5 Å². The Morgan fingerprint density at radius 2 is 2.50 bits per heavy atom. The first-order valence-corrected chi connectivity index (χ1v) is 5.25. The lowest BCUT2D eigenvalue weighted by Gasteiger charge is -2.13. The molecule has 2 rings (SSSR count). The Hall–Kier alpha value is -0.810. The molecule has 1 fully saturated rings. The van der Waals surface area contributed by atoms with E-state index in [9.17, 15) is 4.79 Å². The Morgan fingerprint density at radius 1 is 1.71 bits per heavy atom. The minimum Gasteiger partial charge on any atom is -0.458 e. The molecule has 76 valence electrons. The minimum absolute atomic E-state index is 0.0881.